The second kappa shape index (κ2) is 4.94. The van der Waals surface area contributed by atoms with Crippen LogP contribution in [0.15, 0.2) is 54.9 Å². The number of nitrogens with one attached hydrogen (secondary N) is 2. The molecule has 25 heavy (non-hydrogen) atoms. The summed E-state index contributed by atoms with van der Waals surface area (Å²) >= 11 is 6.34. The number of phenolic OH excluding ortho intramolecular Hbond substituents is 2. The number of hydrogen-bond donors (Lipinski definition) is 4. The molecule has 5 aromatic rings. The molecule has 2 aromatic heterocycles. The van der Waals surface area contributed by atoms with E-state index >= 15 is 0 Å². The smallest absolute Gasteiger partial charge is 0.134 e. The van der Waals surface area contributed by atoms with Gasteiger partial charge in [0.2, 0.25) is 0 Å². The molecular formula is C20H13ClN2O2. The van der Waals surface area contributed by atoms with E-state index in [2.05, 4.69) is 9.97 Å². The predicted octanol–water partition coefficient (Wildman–Crippen LogP) is 5.53. The van der Waals surface area contributed by atoms with Crippen molar-refractivity contribution in [2.75, 3.05) is 0 Å². The van der Waals surface area contributed by atoms with E-state index in [-0.39, 0.29) is 11.5 Å². The Hall–Kier alpha value is -3.11. The second-order valence-corrected chi connectivity index (χ2v) is 6.50. The quantitative estimate of drug-likeness (QED) is 0.321. The van der Waals surface area contributed by atoms with E-state index in [1.54, 1.807) is 24.3 Å². The van der Waals surface area contributed by atoms with Crippen LogP contribution in [0.1, 0.15) is 0 Å². The van der Waals surface area contributed by atoms with Crippen LogP contribution >= 0.6 is 11.6 Å². The standard InChI is InChI=1S/C20H13ClN2O2/c21-20-11(2-1-3-18(20)25)12-7-17-19(15-9-22-8-14(12)15)13-6-10(24)4-5-16(13)23-17/h1-9,22-25H. The Bertz CT molecular complexity index is 1280. The van der Waals surface area contributed by atoms with Crippen LogP contribution in [0.5, 0.6) is 11.5 Å². The van der Waals surface area contributed by atoms with Crippen molar-refractivity contribution in [2.24, 2.45) is 0 Å². The summed E-state index contributed by atoms with van der Waals surface area (Å²) in [5.41, 5.74) is 3.60. The number of halogens is 1. The zero-order valence-electron chi connectivity index (χ0n) is 13.0. The maximum Gasteiger partial charge on any atom is 0.134 e. The molecule has 0 spiro atoms. The molecule has 2 heterocycles. The molecule has 5 heteroatoms. The van der Waals surface area contributed by atoms with Crippen LogP contribution in [0.3, 0.4) is 0 Å². The average Bonchev–Trinajstić information content (AvgIpc) is 3.20. The molecule has 0 radical (unpaired) electrons. The number of aromatic nitrogens is 2. The molecule has 0 amide bonds. The largest absolute Gasteiger partial charge is 0.508 e. The number of H-pyrrole nitrogens is 2. The van der Waals surface area contributed by atoms with Crippen LogP contribution in [0, 0.1) is 0 Å². The van der Waals surface area contributed by atoms with E-state index in [1.807, 2.05) is 30.6 Å². The summed E-state index contributed by atoms with van der Waals surface area (Å²) in [6, 6.07) is 12.6. The van der Waals surface area contributed by atoms with E-state index in [0.29, 0.717) is 5.02 Å². The van der Waals surface area contributed by atoms with Crippen LogP contribution in [-0.4, -0.2) is 20.2 Å². The maximum absolute atomic E-state index is 9.97. The molecule has 3 aromatic carbocycles. The van der Waals surface area contributed by atoms with Crippen LogP contribution in [0.25, 0.3) is 43.7 Å². The molecule has 0 atom stereocenters. The minimum absolute atomic E-state index is 0.0597. The predicted molar refractivity (Wildman–Crippen MR) is 101 cm³/mol. The topological polar surface area (TPSA) is 72.0 Å². The number of aromatic hydroxyl groups is 2. The van der Waals surface area contributed by atoms with Gasteiger partial charge >= 0.3 is 0 Å². The van der Waals surface area contributed by atoms with Crippen molar-refractivity contribution in [1.82, 2.24) is 9.97 Å². The summed E-state index contributed by atoms with van der Waals surface area (Å²) < 4.78 is 0. The fourth-order valence-electron chi connectivity index (χ4n) is 3.57. The molecule has 0 saturated carbocycles. The van der Waals surface area contributed by atoms with Crippen molar-refractivity contribution in [1.29, 1.82) is 0 Å². The molecule has 4 N–H and O–H groups in total. The van der Waals surface area contributed by atoms with Gasteiger partial charge in [-0.3, -0.25) is 0 Å². The fraction of sp³-hybridized carbons (Fsp3) is 0. The summed E-state index contributed by atoms with van der Waals surface area (Å²) in [7, 11) is 0. The molecule has 5 rings (SSSR count). The van der Waals surface area contributed by atoms with Crippen LogP contribution < -0.4 is 0 Å². The average molecular weight is 349 g/mol. The highest BCUT2D eigenvalue weighted by Gasteiger charge is 2.16. The van der Waals surface area contributed by atoms with Crippen LogP contribution in [-0.2, 0) is 0 Å². The van der Waals surface area contributed by atoms with Crippen molar-refractivity contribution in [3.05, 3.63) is 59.9 Å². The molecule has 4 nitrogen and oxygen atoms in total. The lowest BCUT2D eigenvalue weighted by molar-refractivity contribution is 0.475. The first kappa shape index (κ1) is 14.3. The Morgan fingerprint density at radius 2 is 1.64 bits per heavy atom. The molecule has 0 aliphatic carbocycles. The van der Waals surface area contributed by atoms with E-state index in [9.17, 15) is 10.2 Å². The van der Waals surface area contributed by atoms with Gasteiger partial charge in [-0.1, -0.05) is 23.7 Å². The number of fused-ring (bicyclic) bond motifs is 5. The van der Waals surface area contributed by atoms with Gasteiger partial charge in [-0.25, -0.2) is 0 Å². The lowest BCUT2D eigenvalue weighted by Crippen LogP contribution is -1.83. The van der Waals surface area contributed by atoms with Gasteiger partial charge in [0.25, 0.3) is 0 Å². The van der Waals surface area contributed by atoms with Gasteiger partial charge in [-0.15, -0.1) is 0 Å². The van der Waals surface area contributed by atoms with Crippen molar-refractivity contribution in [3.8, 4) is 22.6 Å². The SMILES string of the molecule is Oc1ccc2[nH]c3cc(-c4cccc(O)c4Cl)c4c[nH]cc4c3c2c1. The van der Waals surface area contributed by atoms with E-state index < -0.39 is 0 Å². The minimum Gasteiger partial charge on any atom is -0.508 e. The third-order valence-electron chi connectivity index (χ3n) is 4.67. The van der Waals surface area contributed by atoms with Gasteiger partial charge in [0.15, 0.2) is 0 Å². The molecule has 0 fully saturated rings. The van der Waals surface area contributed by atoms with Gasteiger partial charge in [0, 0.05) is 50.5 Å². The Kier molecular flexibility index (Phi) is 2.82. The molecule has 0 aliphatic heterocycles. The van der Waals surface area contributed by atoms with Crippen LogP contribution in [0.2, 0.25) is 5.02 Å². The number of rotatable bonds is 1. The summed E-state index contributed by atoms with van der Waals surface area (Å²) in [6.07, 6.45) is 3.86. The summed E-state index contributed by atoms with van der Waals surface area (Å²) in [6.45, 7) is 0. The van der Waals surface area contributed by atoms with Gasteiger partial charge < -0.3 is 20.2 Å². The van der Waals surface area contributed by atoms with Gasteiger partial charge in [-0.05, 0) is 35.9 Å². The highest BCUT2D eigenvalue weighted by atomic mass is 35.5. The first-order valence-electron chi connectivity index (χ1n) is 7.85. The first-order chi connectivity index (χ1) is 12.1. The molecule has 122 valence electrons. The normalized spacial score (nSPS) is 11.7. The third kappa shape index (κ3) is 1.95. The molecule has 0 saturated heterocycles. The summed E-state index contributed by atoms with van der Waals surface area (Å²) in [4.78, 5) is 6.56. The third-order valence-corrected chi connectivity index (χ3v) is 5.07. The van der Waals surface area contributed by atoms with E-state index in [4.69, 9.17) is 11.6 Å². The monoisotopic (exact) mass is 348 g/mol. The lowest BCUT2D eigenvalue weighted by atomic mass is 9.97. The zero-order valence-corrected chi connectivity index (χ0v) is 13.7. The van der Waals surface area contributed by atoms with Crippen LogP contribution in [0.4, 0.5) is 0 Å². The number of phenols is 2. The minimum atomic E-state index is 0.0597. The van der Waals surface area contributed by atoms with Crippen molar-refractivity contribution in [2.45, 2.75) is 0 Å². The lowest BCUT2D eigenvalue weighted by Gasteiger charge is -2.09. The highest BCUT2D eigenvalue weighted by Crippen LogP contribution is 2.42. The Morgan fingerprint density at radius 1 is 0.800 bits per heavy atom. The summed E-state index contributed by atoms with van der Waals surface area (Å²) in [5.74, 6) is 0.293. The number of benzene rings is 3. The van der Waals surface area contributed by atoms with Gasteiger partial charge in [0.1, 0.15) is 11.5 Å². The molecule has 0 aliphatic rings. The Balaban J connectivity index is 1.97. The van der Waals surface area contributed by atoms with Crippen molar-refractivity contribution in [3.63, 3.8) is 0 Å². The van der Waals surface area contributed by atoms with E-state index in [1.165, 1.54) is 0 Å². The Morgan fingerprint density at radius 3 is 2.52 bits per heavy atom. The number of hydrogen-bond acceptors (Lipinski definition) is 2. The molecule has 0 bridgehead atoms. The maximum atomic E-state index is 9.97. The van der Waals surface area contributed by atoms with E-state index in [0.717, 1.165) is 43.7 Å². The van der Waals surface area contributed by atoms with Gasteiger partial charge in [0.05, 0.1) is 5.02 Å². The summed E-state index contributed by atoms with van der Waals surface area (Å²) in [5, 5.41) is 24.2. The second-order valence-electron chi connectivity index (χ2n) is 6.12. The Labute approximate surface area is 147 Å². The fourth-order valence-corrected chi connectivity index (χ4v) is 3.79. The zero-order chi connectivity index (χ0) is 17.1. The molecule has 0 unspecified atom stereocenters. The van der Waals surface area contributed by atoms with Crippen molar-refractivity contribution >= 4 is 44.2 Å². The highest BCUT2D eigenvalue weighted by molar-refractivity contribution is 6.35. The first-order valence-corrected chi connectivity index (χ1v) is 8.23. The molecular weight excluding hydrogens is 336 g/mol. The van der Waals surface area contributed by atoms with Crippen molar-refractivity contribution < 1.29 is 10.2 Å². The van der Waals surface area contributed by atoms with Gasteiger partial charge in [-0.2, -0.15) is 0 Å². The number of aromatic amines is 2.